The molecule has 1 aliphatic heterocycles. The molecule has 156 valence electrons. The number of carbonyl (C=O) groups is 1. The molecule has 2 unspecified atom stereocenters. The molecule has 5 nitrogen and oxygen atoms in total. The van der Waals surface area contributed by atoms with Gasteiger partial charge in [-0.2, -0.15) is 0 Å². The van der Waals surface area contributed by atoms with Gasteiger partial charge in [-0.25, -0.2) is 4.39 Å². The second-order valence-corrected chi connectivity index (χ2v) is 7.52. The van der Waals surface area contributed by atoms with Gasteiger partial charge in [-0.05, 0) is 47.0 Å². The normalized spacial score (nSPS) is 19.1. The first-order valence-corrected chi connectivity index (χ1v) is 9.94. The number of benzene rings is 3. The molecular formula is C24H23FNO4-. The van der Waals surface area contributed by atoms with Gasteiger partial charge < -0.3 is 24.3 Å². The zero-order valence-electron chi connectivity index (χ0n) is 16.7. The third-order valence-electron chi connectivity index (χ3n) is 5.72. The molecule has 3 aromatic rings. The fraction of sp³-hybridized carbons (Fsp3) is 0.292. The number of carbonyl (C=O) groups excluding carboxylic acids is 1. The molecule has 0 bridgehead atoms. The van der Waals surface area contributed by atoms with Crippen LogP contribution in [0.4, 0.5) is 9.18 Å². The monoisotopic (exact) mass is 408 g/mol. The summed E-state index contributed by atoms with van der Waals surface area (Å²) >= 11 is 0. The number of rotatable bonds is 5. The molecule has 0 aliphatic carbocycles. The molecule has 0 spiro atoms. The van der Waals surface area contributed by atoms with Crippen LogP contribution in [-0.2, 0) is 11.3 Å². The Hall–Kier alpha value is -3.12. The van der Waals surface area contributed by atoms with E-state index in [1.165, 1.54) is 17.0 Å². The van der Waals surface area contributed by atoms with Crippen LogP contribution in [0, 0.1) is 5.82 Å². The zero-order valence-corrected chi connectivity index (χ0v) is 16.7. The number of amides is 1. The van der Waals surface area contributed by atoms with E-state index in [1.54, 1.807) is 19.2 Å². The Morgan fingerprint density at radius 3 is 2.50 bits per heavy atom. The summed E-state index contributed by atoms with van der Waals surface area (Å²) in [6.07, 6.45) is -0.998. The number of piperidine rings is 1. The van der Waals surface area contributed by atoms with Crippen LogP contribution in [0.2, 0.25) is 0 Å². The number of hydrogen-bond acceptors (Lipinski definition) is 4. The molecule has 6 heteroatoms. The van der Waals surface area contributed by atoms with Gasteiger partial charge in [0, 0.05) is 24.6 Å². The van der Waals surface area contributed by atoms with Crippen LogP contribution in [0.25, 0.3) is 10.8 Å². The molecule has 1 aliphatic rings. The molecule has 0 N–H and O–H groups in total. The van der Waals surface area contributed by atoms with E-state index in [2.05, 4.69) is 0 Å². The van der Waals surface area contributed by atoms with Crippen molar-refractivity contribution in [3.05, 3.63) is 77.6 Å². The molecule has 1 heterocycles. The number of ether oxygens (including phenoxy) is 2. The second-order valence-electron chi connectivity index (χ2n) is 7.52. The summed E-state index contributed by atoms with van der Waals surface area (Å²) in [6, 6.07) is 18.3. The van der Waals surface area contributed by atoms with E-state index in [4.69, 9.17) is 9.47 Å². The van der Waals surface area contributed by atoms with Crippen LogP contribution in [0.3, 0.4) is 0 Å². The Balaban J connectivity index is 1.58. The summed E-state index contributed by atoms with van der Waals surface area (Å²) in [5, 5.41) is 13.5. The lowest BCUT2D eigenvalue weighted by Gasteiger charge is -2.40. The molecule has 0 aromatic heterocycles. The lowest BCUT2D eigenvalue weighted by atomic mass is 9.87. The predicted molar refractivity (Wildman–Crippen MR) is 110 cm³/mol. The van der Waals surface area contributed by atoms with Crippen LogP contribution in [-0.4, -0.2) is 37.3 Å². The van der Waals surface area contributed by atoms with Gasteiger partial charge in [0.2, 0.25) is 0 Å². The van der Waals surface area contributed by atoms with Crippen LogP contribution >= 0.6 is 0 Å². The number of carboxylic acid groups (broad SMARTS) is 1. The number of methoxy groups -OCH3 is 1. The highest BCUT2D eigenvalue weighted by atomic mass is 19.1. The molecule has 1 saturated heterocycles. The van der Waals surface area contributed by atoms with E-state index < -0.39 is 6.09 Å². The molecule has 1 amide bonds. The SMILES string of the molecule is COc1cc2ccccc2cc1COC1CN(C(=O)[O-])CCC1c1ccc(F)cc1. The standard InChI is InChI=1S/C24H24FNO4/c1-29-22-13-18-5-3-2-4-17(18)12-19(22)15-30-23-14-26(24(27)28)11-10-21(23)16-6-8-20(25)9-7-16/h2-9,12-13,21,23H,10-11,14-15H2,1H3,(H,27,28)/p-1. The van der Waals surface area contributed by atoms with Gasteiger partial charge in [-0.3, -0.25) is 0 Å². The molecule has 1 fully saturated rings. The number of halogens is 1. The van der Waals surface area contributed by atoms with Crippen molar-refractivity contribution in [2.45, 2.75) is 25.0 Å². The van der Waals surface area contributed by atoms with Gasteiger partial charge in [0.1, 0.15) is 17.7 Å². The summed E-state index contributed by atoms with van der Waals surface area (Å²) in [7, 11) is 1.62. The van der Waals surface area contributed by atoms with E-state index in [1.807, 2.05) is 36.4 Å². The van der Waals surface area contributed by atoms with Gasteiger partial charge in [-0.1, -0.05) is 36.4 Å². The summed E-state index contributed by atoms with van der Waals surface area (Å²) in [5.74, 6) is 0.386. The molecule has 0 saturated carbocycles. The maximum atomic E-state index is 13.4. The topological polar surface area (TPSA) is 61.8 Å². The third-order valence-corrected chi connectivity index (χ3v) is 5.72. The predicted octanol–water partition coefficient (Wildman–Crippen LogP) is 3.71. The molecule has 4 rings (SSSR count). The van der Waals surface area contributed by atoms with Crippen molar-refractivity contribution in [1.82, 2.24) is 4.90 Å². The fourth-order valence-corrected chi connectivity index (χ4v) is 4.11. The summed E-state index contributed by atoms with van der Waals surface area (Å²) in [5.41, 5.74) is 1.82. The van der Waals surface area contributed by atoms with Crippen LogP contribution in [0.15, 0.2) is 60.7 Å². The summed E-state index contributed by atoms with van der Waals surface area (Å²) in [6.45, 7) is 0.848. The van der Waals surface area contributed by atoms with E-state index in [0.29, 0.717) is 13.0 Å². The van der Waals surface area contributed by atoms with Crippen molar-refractivity contribution in [1.29, 1.82) is 0 Å². The first-order valence-electron chi connectivity index (χ1n) is 9.94. The van der Waals surface area contributed by atoms with Gasteiger partial charge in [0.25, 0.3) is 0 Å². The zero-order chi connectivity index (χ0) is 21.1. The first kappa shape index (κ1) is 20.2. The average molecular weight is 408 g/mol. The minimum absolute atomic E-state index is 0.0346. The number of fused-ring (bicyclic) bond motifs is 1. The molecular weight excluding hydrogens is 385 g/mol. The van der Waals surface area contributed by atoms with Crippen molar-refractivity contribution in [2.24, 2.45) is 0 Å². The van der Waals surface area contributed by atoms with Crippen molar-refractivity contribution < 1.29 is 23.8 Å². The maximum Gasteiger partial charge on any atom is 0.137 e. The van der Waals surface area contributed by atoms with E-state index >= 15 is 0 Å². The van der Waals surface area contributed by atoms with E-state index in [9.17, 15) is 14.3 Å². The van der Waals surface area contributed by atoms with Crippen molar-refractivity contribution in [3.8, 4) is 5.75 Å². The van der Waals surface area contributed by atoms with E-state index in [0.717, 1.165) is 27.6 Å². The maximum absolute atomic E-state index is 13.4. The molecule has 3 aromatic carbocycles. The Kier molecular flexibility index (Phi) is 5.86. The molecule has 30 heavy (non-hydrogen) atoms. The second kappa shape index (κ2) is 8.71. The Bertz CT molecular complexity index is 1040. The highest BCUT2D eigenvalue weighted by Gasteiger charge is 2.31. The minimum Gasteiger partial charge on any atom is -0.530 e. The Labute approximate surface area is 174 Å². The largest absolute Gasteiger partial charge is 0.530 e. The summed E-state index contributed by atoms with van der Waals surface area (Å²) < 4.78 is 25.1. The molecule has 2 atom stereocenters. The fourth-order valence-electron chi connectivity index (χ4n) is 4.11. The smallest absolute Gasteiger partial charge is 0.137 e. The van der Waals surface area contributed by atoms with Crippen molar-refractivity contribution >= 4 is 16.9 Å². The van der Waals surface area contributed by atoms with Crippen LogP contribution in [0.5, 0.6) is 5.75 Å². The van der Waals surface area contributed by atoms with Gasteiger partial charge in [-0.15, -0.1) is 0 Å². The number of nitrogens with zero attached hydrogens (tertiary/aromatic N) is 1. The summed E-state index contributed by atoms with van der Waals surface area (Å²) in [4.78, 5) is 12.7. The average Bonchev–Trinajstić information content (AvgIpc) is 2.77. The van der Waals surface area contributed by atoms with Crippen molar-refractivity contribution in [2.75, 3.05) is 20.2 Å². The van der Waals surface area contributed by atoms with Crippen LogP contribution in [0.1, 0.15) is 23.5 Å². The number of hydrogen-bond donors (Lipinski definition) is 0. The highest BCUT2D eigenvalue weighted by Crippen LogP contribution is 2.33. The lowest BCUT2D eigenvalue weighted by Crippen LogP contribution is -2.51. The van der Waals surface area contributed by atoms with Gasteiger partial charge in [0.05, 0.1) is 19.8 Å². The van der Waals surface area contributed by atoms with Crippen molar-refractivity contribution in [3.63, 3.8) is 0 Å². The number of likely N-dealkylation sites (tertiary alicyclic amines) is 1. The van der Waals surface area contributed by atoms with Crippen LogP contribution < -0.4 is 9.84 Å². The molecule has 0 radical (unpaired) electrons. The quantitative estimate of drug-likeness (QED) is 0.646. The van der Waals surface area contributed by atoms with E-state index in [-0.39, 0.29) is 31.0 Å². The third kappa shape index (κ3) is 4.24. The highest BCUT2D eigenvalue weighted by molar-refractivity contribution is 5.84. The lowest BCUT2D eigenvalue weighted by molar-refractivity contribution is -0.268. The van der Waals surface area contributed by atoms with Gasteiger partial charge in [0.15, 0.2) is 0 Å². The van der Waals surface area contributed by atoms with Gasteiger partial charge >= 0.3 is 0 Å². The first-order chi connectivity index (χ1) is 14.5. The Morgan fingerprint density at radius 1 is 1.13 bits per heavy atom. The Morgan fingerprint density at radius 2 is 1.83 bits per heavy atom. The minimum atomic E-state index is -1.20.